The largest absolute Gasteiger partial charge is 0.393 e. The van der Waals surface area contributed by atoms with E-state index in [4.69, 9.17) is 0 Å². The maximum absolute atomic E-state index is 11.9. The summed E-state index contributed by atoms with van der Waals surface area (Å²) < 4.78 is 0. The van der Waals surface area contributed by atoms with Crippen LogP contribution in [0.15, 0.2) is 0 Å². The Hall–Kier alpha value is -0.810. The molecule has 1 unspecified atom stereocenters. The van der Waals surface area contributed by atoms with E-state index < -0.39 is 0 Å². The molecule has 0 spiro atoms. The van der Waals surface area contributed by atoms with Gasteiger partial charge in [0.25, 0.3) is 0 Å². The number of hydrogen-bond donors (Lipinski definition) is 3. The Kier molecular flexibility index (Phi) is 4.01. The average Bonchev–Trinajstić information content (AvgIpc) is 2.31. The van der Waals surface area contributed by atoms with E-state index in [1.54, 1.807) is 4.90 Å². The third-order valence-corrected chi connectivity index (χ3v) is 3.38. The van der Waals surface area contributed by atoms with Crippen LogP contribution in [-0.2, 0) is 0 Å². The Labute approximate surface area is 96.2 Å². The number of rotatable bonds is 1. The van der Waals surface area contributed by atoms with Gasteiger partial charge in [-0.1, -0.05) is 0 Å². The summed E-state index contributed by atoms with van der Waals surface area (Å²) in [7, 11) is 0. The summed E-state index contributed by atoms with van der Waals surface area (Å²) in [5.74, 6) is 0. The molecular formula is C11H21N3O2. The summed E-state index contributed by atoms with van der Waals surface area (Å²) in [6, 6.07) is 0.300. The second kappa shape index (κ2) is 5.50. The Bertz CT molecular complexity index is 233. The maximum atomic E-state index is 11.9. The quantitative estimate of drug-likeness (QED) is 0.586. The van der Waals surface area contributed by atoms with Crippen molar-refractivity contribution in [3.05, 3.63) is 0 Å². The average molecular weight is 227 g/mol. The molecule has 0 aliphatic carbocycles. The van der Waals surface area contributed by atoms with E-state index in [-0.39, 0.29) is 18.2 Å². The highest BCUT2D eigenvalue weighted by Crippen LogP contribution is 2.10. The lowest BCUT2D eigenvalue weighted by Gasteiger charge is -2.32. The lowest BCUT2D eigenvalue weighted by Crippen LogP contribution is -2.52. The number of nitrogens with one attached hydrogen (secondary N) is 2. The second-order valence-corrected chi connectivity index (χ2v) is 4.71. The number of hydrogen-bond acceptors (Lipinski definition) is 3. The van der Waals surface area contributed by atoms with Gasteiger partial charge in [0.05, 0.1) is 6.10 Å². The van der Waals surface area contributed by atoms with Crippen LogP contribution in [-0.4, -0.2) is 54.4 Å². The molecule has 2 amide bonds. The third kappa shape index (κ3) is 3.09. The monoisotopic (exact) mass is 227 g/mol. The first-order valence-corrected chi connectivity index (χ1v) is 6.20. The highest BCUT2D eigenvalue weighted by Gasteiger charge is 2.23. The lowest BCUT2D eigenvalue weighted by atomic mass is 10.1. The van der Waals surface area contributed by atoms with Crippen LogP contribution in [0.1, 0.15) is 25.7 Å². The van der Waals surface area contributed by atoms with Crippen LogP contribution >= 0.6 is 0 Å². The van der Waals surface area contributed by atoms with E-state index in [1.165, 1.54) is 0 Å². The van der Waals surface area contributed by atoms with E-state index in [0.29, 0.717) is 25.9 Å². The standard InChI is InChI=1S/C11H21N3O2/c15-10-3-6-14(7-4-10)11(16)13-9-2-1-5-12-8-9/h9-10,12,15H,1-8H2,(H,13,16). The fraction of sp³-hybridized carbons (Fsp3) is 0.909. The summed E-state index contributed by atoms with van der Waals surface area (Å²) in [6.07, 6.45) is 3.38. The van der Waals surface area contributed by atoms with Crippen molar-refractivity contribution in [2.45, 2.75) is 37.8 Å². The first-order valence-electron chi connectivity index (χ1n) is 6.20. The van der Waals surface area contributed by atoms with E-state index in [9.17, 15) is 9.90 Å². The van der Waals surface area contributed by atoms with Crippen molar-refractivity contribution in [1.29, 1.82) is 0 Å². The van der Waals surface area contributed by atoms with Crippen molar-refractivity contribution in [3.63, 3.8) is 0 Å². The highest BCUT2D eigenvalue weighted by molar-refractivity contribution is 5.74. The molecule has 1 atom stereocenters. The lowest BCUT2D eigenvalue weighted by molar-refractivity contribution is 0.0925. The number of nitrogens with zero attached hydrogens (tertiary/aromatic N) is 1. The van der Waals surface area contributed by atoms with E-state index in [2.05, 4.69) is 10.6 Å². The predicted molar refractivity (Wildman–Crippen MR) is 61.2 cm³/mol. The second-order valence-electron chi connectivity index (χ2n) is 4.71. The van der Waals surface area contributed by atoms with Crippen LogP contribution in [0.2, 0.25) is 0 Å². The van der Waals surface area contributed by atoms with E-state index in [0.717, 1.165) is 25.9 Å². The predicted octanol–water partition coefficient (Wildman–Crippen LogP) is -0.0953. The van der Waals surface area contributed by atoms with Gasteiger partial charge in [0.1, 0.15) is 0 Å². The van der Waals surface area contributed by atoms with Crippen LogP contribution in [0, 0.1) is 0 Å². The molecule has 0 radical (unpaired) electrons. The van der Waals surface area contributed by atoms with Crippen molar-refractivity contribution >= 4 is 6.03 Å². The first kappa shape index (κ1) is 11.7. The molecule has 0 aromatic heterocycles. The summed E-state index contributed by atoms with van der Waals surface area (Å²) in [6.45, 7) is 3.28. The number of carbonyl (C=O) groups is 1. The van der Waals surface area contributed by atoms with Crippen LogP contribution in [0.3, 0.4) is 0 Å². The zero-order chi connectivity index (χ0) is 11.4. The Morgan fingerprint density at radius 3 is 2.69 bits per heavy atom. The molecule has 92 valence electrons. The normalized spacial score (nSPS) is 27.8. The van der Waals surface area contributed by atoms with Crippen LogP contribution in [0.5, 0.6) is 0 Å². The van der Waals surface area contributed by atoms with Crippen LogP contribution in [0.25, 0.3) is 0 Å². The van der Waals surface area contributed by atoms with Gasteiger partial charge in [0.15, 0.2) is 0 Å². The van der Waals surface area contributed by atoms with Crippen molar-refractivity contribution in [2.24, 2.45) is 0 Å². The van der Waals surface area contributed by atoms with Gasteiger partial charge in [0.2, 0.25) is 0 Å². The summed E-state index contributed by atoms with van der Waals surface area (Å²) in [5, 5.41) is 15.7. The molecule has 2 heterocycles. The maximum Gasteiger partial charge on any atom is 0.317 e. The Morgan fingerprint density at radius 1 is 1.31 bits per heavy atom. The molecule has 5 nitrogen and oxygen atoms in total. The fourth-order valence-electron chi connectivity index (χ4n) is 2.31. The number of likely N-dealkylation sites (tertiary alicyclic amines) is 1. The molecular weight excluding hydrogens is 206 g/mol. The zero-order valence-electron chi connectivity index (χ0n) is 9.61. The summed E-state index contributed by atoms with van der Waals surface area (Å²) in [5.41, 5.74) is 0. The molecule has 0 aromatic rings. The van der Waals surface area contributed by atoms with Gasteiger partial charge in [-0.15, -0.1) is 0 Å². The smallest absolute Gasteiger partial charge is 0.317 e. The van der Waals surface area contributed by atoms with Gasteiger partial charge in [0, 0.05) is 25.7 Å². The first-order chi connectivity index (χ1) is 7.75. The Balaban J connectivity index is 1.74. The molecule has 5 heteroatoms. The van der Waals surface area contributed by atoms with Crippen molar-refractivity contribution in [3.8, 4) is 0 Å². The number of urea groups is 1. The van der Waals surface area contributed by atoms with Crippen molar-refractivity contribution in [1.82, 2.24) is 15.5 Å². The highest BCUT2D eigenvalue weighted by atomic mass is 16.3. The minimum atomic E-state index is -0.222. The van der Waals surface area contributed by atoms with Gasteiger partial charge in [-0.05, 0) is 32.2 Å². The minimum absolute atomic E-state index is 0.0283. The summed E-state index contributed by atoms with van der Waals surface area (Å²) >= 11 is 0. The molecule has 3 N–H and O–H groups in total. The number of aliphatic hydroxyl groups is 1. The molecule has 0 aromatic carbocycles. The molecule has 2 aliphatic rings. The number of piperidine rings is 2. The number of aliphatic hydroxyl groups excluding tert-OH is 1. The van der Waals surface area contributed by atoms with Gasteiger partial charge < -0.3 is 20.6 Å². The zero-order valence-corrected chi connectivity index (χ0v) is 9.61. The minimum Gasteiger partial charge on any atom is -0.393 e. The van der Waals surface area contributed by atoms with E-state index in [1.807, 2.05) is 0 Å². The van der Waals surface area contributed by atoms with Crippen molar-refractivity contribution < 1.29 is 9.90 Å². The molecule has 2 saturated heterocycles. The van der Waals surface area contributed by atoms with Gasteiger partial charge in [-0.3, -0.25) is 0 Å². The molecule has 16 heavy (non-hydrogen) atoms. The summed E-state index contributed by atoms with van der Waals surface area (Å²) in [4.78, 5) is 13.7. The van der Waals surface area contributed by atoms with E-state index >= 15 is 0 Å². The molecule has 2 rings (SSSR count). The van der Waals surface area contributed by atoms with Gasteiger partial charge >= 0.3 is 6.03 Å². The van der Waals surface area contributed by atoms with Gasteiger partial charge in [-0.25, -0.2) is 4.79 Å². The van der Waals surface area contributed by atoms with Crippen LogP contribution in [0.4, 0.5) is 4.79 Å². The van der Waals surface area contributed by atoms with Crippen LogP contribution < -0.4 is 10.6 Å². The van der Waals surface area contributed by atoms with Crippen molar-refractivity contribution in [2.75, 3.05) is 26.2 Å². The number of amides is 2. The fourth-order valence-corrected chi connectivity index (χ4v) is 2.31. The third-order valence-electron chi connectivity index (χ3n) is 3.38. The molecule has 2 aliphatic heterocycles. The SMILES string of the molecule is O=C(NC1CCCNC1)N1CCC(O)CC1. The Morgan fingerprint density at radius 2 is 2.06 bits per heavy atom. The molecule has 0 saturated carbocycles. The number of carbonyl (C=O) groups excluding carboxylic acids is 1. The molecule has 2 fully saturated rings. The van der Waals surface area contributed by atoms with Gasteiger partial charge in [-0.2, -0.15) is 0 Å². The molecule has 0 bridgehead atoms. The topological polar surface area (TPSA) is 64.6 Å².